The molecule has 1 aliphatic heterocycles. The Bertz CT molecular complexity index is 680. The number of aliphatic imine (C=N–C) groups is 1. The van der Waals surface area contributed by atoms with Crippen LogP contribution in [0.25, 0.3) is 0 Å². The van der Waals surface area contributed by atoms with Crippen LogP contribution in [0.15, 0.2) is 17.1 Å². The lowest BCUT2D eigenvalue weighted by atomic mass is 9.83. The summed E-state index contributed by atoms with van der Waals surface area (Å²) in [5.74, 6) is 6.42. The number of carbonyl (C=O) groups is 1. The molecule has 3 N–H and O–H groups in total. The molecule has 0 radical (unpaired) electrons. The molecule has 1 aliphatic carbocycles. The summed E-state index contributed by atoms with van der Waals surface area (Å²) in [6.07, 6.45) is 8.06. The van der Waals surface area contributed by atoms with E-state index in [1.54, 1.807) is 18.7 Å². The number of unbranched alkanes of at least 4 members (excludes halogenated alkanes) is 1. The van der Waals surface area contributed by atoms with Crippen LogP contribution in [0.5, 0.6) is 0 Å². The van der Waals surface area contributed by atoms with E-state index in [0.29, 0.717) is 12.8 Å². The second-order valence-electron chi connectivity index (χ2n) is 8.30. The number of hydrogen-bond acceptors (Lipinski definition) is 5. The van der Waals surface area contributed by atoms with Gasteiger partial charge in [-0.3, -0.25) is 9.79 Å². The summed E-state index contributed by atoms with van der Waals surface area (Å²) in [7, 11) is 0. The second-order valence-corrected chi connectivity index (χ2v) is 9.47. The predicted molar refractivity (Wildman–Crippen MR) is 119 cm³/mol. The van der Waals surface area contributed by atoms with E-state index in [4.69, 9.17) is 10.1 Å². The zero-order valence-corrected chi connectivity index (χ0v) is 18.6. The molecular weight excluding hydrogens is 386 g/mol. The van der Waals surface area contributed by atoms with Crippen molar-refractivity contribution in [2.24, 2.45) is 22.7 Å². The van der Waals surface area contributed by atoms with E-state index in [2.05, 4.69) is 25.7 Å². The van der Waals surface area contributed by atoms with Gasteiger partial charge < -0.3 is 15.3 Å². The summed E-state index contributed by atoms with van der Waals surface area (Å²) in [4.78, 5) is 15.6. The van der Waals surface area contributed by atoms with Crippen molar-refractivity contribution in [3.05, 3.63) is 12.2 Å². The van der Waals surface area contributed by atoms with Gasteiger partial charge in [-0.2, -0.15) is 0 Å². The van der Waals surface area contributed by atoms with E-state index in [0.717, 1.165) is 36.5 Å². The first-order valence-electron chi connectivity index (χ1n) is 10.7. The number of hydrogen-bond donors (Lipinski definition) is 3. The number of aliphatic carboxylic acids is 1. The predicted octanol–water partition coefficient (Wildman–Crippen LogP) is 3.89. The van der Waals surface area contributed by atoms with E-state index >= 15 is 0 Å². The lowest BCUT2D eigenvalue weighted by Crippen LogP contribution is -2.27. The molecule has 1 fully saturated rings. The van der Waals surface area contributed by atoms with E-state index in [1.165, 1.54) is 0 Å². The van der Waals surface area contributed by atoms with Gasteiger partial charge in [0.1, 0.15) is 5.54 Å². The fourth-order valence-corrected chi connectivity index (χ4v) is 5.42. The highest BCUT2D eigenvalue weighted by Crippen LogP contribution is 2.50. The Morgan fingerprint density at radius 3 is 2.86 bits per heavy atom. The number of fused-ring (bicyclic) bond motifs is 1. The lowest BCUT2D eigenvalue weighted by molar-refractivity contribution is -0.137. The summed E-state index contributed by atoms with van der Waals surface area (Å²) in [5.41, 5.74) is -0.558. The van der Waals surface area contributed by atoms with Gasteiger partial charge in [0.2, 0.25) is 0 Å². The Hall–Kier alpha value is -1.29. The van der Waals surface area contributed by atoms with Gasteiger partial charge in [-0.05, 0) is 31.4 Å². The number of carboxylic acids is 1. The van der Waals surface area contributed by atoms with Crippen molar-refractivity contribution in [1.82, 2.24) is 0 Å². The van der Waals surface area contributed by atoms with Crippen LogP contribution in [-0.4, -0.2) is 49.8 Å². The third-order valence-corrected chi connectivity index (χ3v) is 7.12. The normalized spacial score (nSPS) is 30.5. The summed E-state index contributed by atoms with van der Waals surface area (Å²) in [6.45, 7) is 6.01. The Morgan fingerprint density at radius 1 is 1.45 bits per heavy atom. The Kier molecular flexibility index (Phi) is 9.26. The van der Waals surface area contributed by atoms with E-state index < -0.39 is 23.7 Å². The molecular formula is C23H35NO4S. The van der Waals surface area contributed by atoms with Crippen LogP contribution in [0.4, 0.5) is 0 Å². The van der Waals surface area contributed by atoms with Gasteiger partial charge >= 0.3 is 5.97 Å². The molecule has 6 unspecified atom stereocenters. The molecule has 2 aliphatic rings. The number of aliphatic hydroxyl groups excluding tert-OH is 2. The van der Waals surface area contributed by atoms with Crippen LogP contribution in [0.2, 0.25) is 0 Å². The van der Waals surface area contributed by atoms with Crippen LogP contribution in [0, 0.1) is 29.6 Å². The third-order valence-electron chi connectivity index (χ3n) is 6.03. The van der Waals surface area contributed by atoms with E-state index in [-0.39, 0.29) is 24.2 Å². The van der Waals surface area contributed by atoms with Crippen LogP contribution >= 0.6 is 11.8 Å². The number of rotatable bonds is 10. The lowest BCUT2D eigenvalue weighted by Gasteiger charge is -2.22. The first-order valence-corrected chi connectivity index (χ1v) is 11.7. The minimum absolute atomic E-state index is 0.0789. The maximum atomic E-state index is 10.7. The highest BCUT2D eigenvalue weighted by Gasteiger charge is 2.55. The Morgan fingerprint density at radius 2 is 2.21 bits per heavy atom. The van der Waals surface area contributed by atoms with Crippen LogP contribution in [0.3, 0.4) is 0 Å². The Balaban J connectivity index is 2.05. The van der Waals surface area contributed by atoms with Gasteiger partial charge in [0.25, 0.3) is 0 Å². The number of nitrogens with zero attached hydrogens (tertiary/aromatic N) is 1. The van der Waals surface area contributed by atoms with Crippen molar-refractivity contribution < 1.29 is 20.1 Å². The summed E-state index contributed by atoms with van der Waals surface area (Å²) in [5, 5.41) is 31.0. The molecule has 0 amide bonds. The van der Waals surface area contributed by atoms with Crippen LogP contribution in [0.1, 0.15) is 65.7 Å². The largest absolute Gasteiger partial charge is 0.481 e. The minimum Gasteiger partial charge on any atom is -0.481 e. The molecule has 2 rings (SSSR count). The molecule has 0 saturated heterocycles. The zero-order chi connectivity index (χ0) is 21.4. The third kappa shape index (κ3) is 6.34. The van der Waals surface area contributed by atoms with Crippen molar-refractivity contribution in [3.63, 3.8) is 0 Å². The molecule has 1 saturated carbocycles. The fourth-order valence-electron chi connectivity index (χ4n) is 4.37. The number of carboxylic acid groups (broad SMARTS) is 1. The first kappa shape index (κ1) is 24.0. The van der Waals surface area contributed by atoms with Gasteiger partial charge in [-0.1, -0.05) is 44.8 Å². The standard InChI is InChI=1S/C23H35NO4S/c1-4-6-8-16(3)19(25)11-10-17-18-14-21(29-13-7-9-22(27)28)24-23(18,12-5-2)15-20(17)26/h10-11,16-20,25-26H,4,6-9,13-15H2,1-3H3,(H,27,28). The average molecular weight is 422 g/mol. The summed E-state index contributed by atoms with van der Waals surface area (Å²) in [6, 6.07) is 0. The van der Waals surface area contributed by atoms with Gasteiger partial charge in [-0.25, -0.2) is 0 Å². The minimum atomic E-state index is -0.774. The molecule has 29 heavy (non-hydrogen) atoms. The van der Waals surface area contributed by atoms with Crippen LogP contribution < -0.4 is 0 Å². The SMILES string of the molecule is CC#CC12CC(O)C(C=CC(O)C(C)CCCC)C1CC(SCCCC(=O)O)=N2. The molecule has 6 heteroatoms. The maximum absolute atomic E-state index is 10.7. The van der Waals surface area contributed by atoms with Crippen molar-refractivity contribution in [2.75, 3.05) is 5.75 Å². The molecule has 162 valence electrons. The molecule has 5 nitrogen and oxygen atoms in total. The molecule has 0 aromatic heterocycles. The molecule has 0 aromatic rings. The first-order chi connectivity index (χ1) is 13.8. The topological polar surface area (TPSA) is 90.1 Å². The molecule has 0 spiro atoms. The molecule has 1 heterocycles. The van der Waals surface area contributed by atoms with Crippen molar-refractivity contribution in [3.8, 4) is 11.8 Å². The van der Waals surface area contributed by atoms with Crippen molar-refractivity contribution in [1.29, 1.82) is 0 Å². The summed E-state index contributed by atoms with van der Waals surface area (Å²) >= 11 is 1.61. The van der Waals surface area contributed by atoms with E-state index in [9.17, 15) is 15.0 Å². The Labute approximate surface area is 179 Å². The maximum Gasteiger partial charge on any atom is 0.303 e. The zero-order valence-electron chi connectivity index (χ0n) is 17.8. The van der Waals surface area contributed by atoms with Gasteiger partial charge in [-0.15, -0.1) is 17.7 Å². The summed E-state index contributed by atoms with van der Waals surface area (Å²) < 4.78 is 0. The quantitative estimate of drug-likeness (QED) is 0.283. The van der Waals surface area contributed by atoms with Gasteiger partial charge in [0.15, 0.2) is 0 Å². The average Bonchev–Trinajstić information content (AvgIpc) is 3.12. The van der Waals surface area contributed by atoms with Crippen LogP contribution in [-0.2, 0) is 4.79 Å². The van der Waals surface area contributed by atoms with Crippen molar-refractivity contribution in [2.45, 2.75) is 83.5 Å². The smallest absolute Gasteiger partial charge is 0.303 e. The number of thioether (sulfide) groups is 1. The highest BCUT2D eigenvalue weighted by atomic mass is 32.2. The van der Waals surface area contributed by atoms with Gasteiger partial charge in [0, 0.05) is 31.1 Å². The number of aliphatic hydroxyl groups is 2. The highest BCUT2D eigenvalue weighted by molar-refractivity contribution is 8.13. The molecule has 6 atom stereocenters. The second kappa shape index (κ2) is 11.2. The van der Waals surface area contributed by atoms with E-state index in [1.807, 2.05) is 12.2 Å². The monoisotopic (exact) mass is 421 g/mol. The fraction of sp³-hybridized carbons (Fsp3) is 0.739. The molecule has 0 bridgehead atoms. The molecule has 0 aromatic carbocycles. The van der Waals surface area contributed by atoms with Gasteiger partial charge in [0.05, 0.1) is 17.3 Å². The van der Waals surface area contributed by atoms with Crippen molar-refractivity contribution >= 4 is 22.8 Å².